The van der Waals surface area contributed by atoms with Gasteiger partial charge in [-0.15, -0.1) is 11.8 Å². The number of esters is 1. The fraction of sp³-hybridized carbons (Fsp3) is 0.438. The Balaban J connectivity index is 0.000000450. The molecule has 8 nitrogen and oxygen atoms in total. The average Bonchev–Trinajstić information content (AvgIpc) is 3.02. The fourth-order valence-electron chi connectivity index (χ4n) is 1.94. The van der Waals surface area contributed by atoms with Crippen LogP contribution in [-0.4, -0.2) is 53.0 Å². The number of amides is 1. The van der Waals surface area contributed by atoms with Gasteiger partial charge in [0.05, 0.1) is 17.6 Å². The number of ketones is 2. The molecule has 0 bridgehead atoms. The molecule has 2 rings (SSSR count). The van der Waals surface area contributed by atoms with Gasteiger partial charge in [-0.2, -0.15) is 5.10 Å². The highest BCUT2D eigenvalue weighted by atomic mass is 32.2. The van der Waals surface area contributed by atoms with Crippen molar-refractivity contribution in [3.05, 3.63) is 27.9 Å². The van der Waals surface area contributed by atoms with Gasteiger partial charge in [0.15, 0.2) is 5.69 Å². The SMILES string of the molecule is CCCSC1=CC(=O)c2n[nH]c(C(=O)OC)c2C1=O.CCNC(C)=O. The number of Topliss-reactive ketones (excluding diaryl/α,β-unsaturated/α-hetero) is 1. The number of aromatic amines is 1. The molecule has 25 heavy (non-hydrogen) atoms. The number of nitrogens with zero attached hydrogens (tertiary/aromatic N) is 1. The van der Waals surface area contributed by atoms with Gasteiger partial charge in [-0.1, -0.05) is 6.92 Å². The topological polar surface area (TPSA) is 118 Å². The highest BCUT2D eigenvalue weighted by molar-refractivity contribution is 8.04. The quantitative estimate of drug-likeness (QED) is 0.761. The number of rotatable bonds is 5. The summed E-state index contributed by atoms with van der Waals surface area (Å²) < 4.78 is 4.56. The summed E-state index contributed by atoms with van der Waals surface area (Å²) in [6.45, 7) is 6.10. The molecule has 1 aromatic heterocycles. The molecule has 0 saturated heterocycles. The van der Waals surface area contributed by atoms with Gasteiger partial charge in [-0.3, -0.25) is 19.5 Å². The van der Waals surface area contributed by atoms with Crippen LogP contribution in [-0.2, 0) is 9.53 Å². The van der Waals surface area contributed by atoms with Gasteiger partial charge in [-0.25, -0.2) is 4.79 Å². The van der Waals surface area contributed by atoms with Crippen LogP contribution in [0.5, 0.6) is 0 Å². The van der Waals surface area contributed by atoms with Crippen molar-refractivity contribution in [1.29, 1.82) is 0 Å². The maximum absolute atomic E-state index is 12.3. The lowest BCUT2D eigenvalue weighted by molar-refractivity contribution is -0.118. The first-order valence-corrected chi connectivity index (χ1v) is 8.70. The van der Waals surface area contributed by atoms with E-state index in [1.54, 1.807) is 0 Å². The maximum Gasteiger partial charge on any atom is 0.356 e. The van der Waals surface area contributed by atoms with Crippen molar-refractivity contribution < 1.29 is 23.9 Å². The van der Waals surface area contributed by atoms with Gasteiger partial charge in [-0.05, 0) is 19.1 Å². The van der Waals surface area contributed by atoms with E-state index in [0.29, 0.717) is 4.91 Å². The Morgan fingerprint density at radius 1 is 1.32 bits per heavy atom. The highest BCUT2D eigenvalue weighted by Crippen LogP contribution is 2.29. The number of nitrogens with one attached hydrogen (secondary N) is 2. The lowest BCUT2D eigenvalue weighted by Crippen LogP contribution is -2.18. The second-order valence-corrected chi connectivity index (χ2v) is 6.09. The molecule has 0 atom stereocenters. The van der Waals surface area contributed by atoms with Crippen molar-refractivity contribution >= 4 is 35.2 Å². The third kappa shape index (κ3) is 5.28. The lowest BCUT2D eigenvalue weighted by Gasteiger charge is -2.10. The standard InChI is InChI=1S/C12H12N2O4S.C4H9NO/c1-3-4-19-7-5-6(15)9-8(11(7)16)10(14-13-9)12(17)18-2;1-3-5-4(2)6/h5H,3-4H2,1-2H3,(H,13,14);3H2,1-2H3,(H,5,6). The van der Waals surface area contributed by atoms with Crippen LogP contribution < -0.4 is 5.32 Å². The minimum Gasteiger partial charge on any atom is -0.464 e. The summed E-state index contributed by atoms with van der Waals surface area (Å²) in [6.07, 6.45) is 2.15. The molecule has 1 aliphatic carbocycles. The summed E-state index contributed by atoms with van der Waals surface area (Å²) in [5, 5.41) is 8.69. The van der Waals surface area contributed by atoms with Crippen molar-refractivity contribution in [2.24, 2.45) is 0 Å². The van der Waals surface area contributed by atoms with Gasteiger partial charge in [0.1, 0.15) is 5.69 Å². The highest BCUT2D eigenvalue weighted by Gasteiger charge is 2.34. The molecule has 0 fully saturated rings. The number of carbonyl (C=O) groups excluding carboxylic acids is 4. The minimum atomic E-state index is -0.711. The number of H-pyrrole nitrogens is 1. The number of thioether (sulfide) groups is 1. The van der Waals surface area contributed by atoms with Crippen LogP contribution in [0.4, 0.5) is 0 Å². The Morgan fingerprint density at radius 3 is 2.48 bits per heavy atom. The molecule has 1 aromatic rings. The van der Waals surface area contributed by atoms with Crippen LogP contribution in [0.25, 0.3) is 0 Å². The molecule has 0 saturated carbocycles. The first-order valence-electron chi connectivity index (χ1n) is 7.71. The summed E-state index contributed by atoms with van der Waals surface area (Å²) in [6, 6.07) is 0. The van der Waals surface area contributed by atoms with Crippen molar-refractivity contribution in [3.63, 3.8) is 0 Å². The van der Waals surface area contributed by atoms with E-state index >= 15 is 0 Å². The number of hydrogen-bond acceptors (Lipinski definition) is 7. The van der Waals surface area contributed by atoms with Gasteiger partial charge in [0.25, 0.3) is 0 Å². The van der Waals surface area contributed by atoms with Crippen LogP contribution in [0, 0.1) is 0 Å². The van der Waals surface area contributed by atoms with Crippen molar-refractivity contribution in [3.8, 4) is 0 Å². The fourth-order valence-corrected chi connectivity index (χ4v) is 2.78. The monoisotopic (exact) mass is 367 g/mol. The van der Waals surface area contributed by atoms with E-state index in [-0.39, 0.29) is 34.4 Å². The van der Waals surface area contributed by atoms with Gasteiger partial charge in [0.2, 0.25) is 17.5 Å². The van der Waals surface area contributed by atoms with Gasteiger partial charge >= 0.3 is 5.97 Å². The number of methoxy groups -OCH3 is 1. The Kier molecular flexibility index (Phi) is 8.06. The molecular weight excluding hydrogens is 346 g/mol. The summed E-state index contributed by atoms with van der Waals surface area (Å²) in [5.41, 5.74) is -0.0808. The molecule has 0 aliphatic heterocycles. The van der Waals surface area contributed by atoms with Crippen LogP contribution in [0.3, 0.4) is 0 Å². The van der Waals surface area contributed by atoms with E-state index in [1.807, 2.05) is 13.8 Å². The third-order valence-electron chi connectivity index (χ3n) is 2.99. The van der Waals surface area contributed by atoms with Crippen LogP contribution in [0.1, 0.15) is 58.5 Å². The van der Waals surface area contributed by atoms with E-state index in [9.17, 15) is 19.2 Å². The Labute approximate surface area is 149 Å². The Bertz CT molecular complexity index is 709. The predicted molar refractivity (Wildman–Crippen MR) is 93.8 cm³/mol. The zero-order valence-electron chi connectivity index (χ0n) is 14.6. The molecule has 0 spiro atoms. The average molecular weight is 367 g/mol. The zero-order valence-corrected chi connectivity index (χ0v) is 15.4. The van der Waals surface area contributed by atoms with E-state index < -0.39 is 5.97 Å². The molecule has 136 valence electrons. The predicted octanol–water partition coefficient (Wildman–Crippen LogP) is 1.74. The number of carbonyl (C=O) groups is 4. The Morgan fingerprint density at radius 2 is 2.00 bits per heavy atom. The van der Waals surface area contributed by atoms with Crippen molar-refractivity contribution in [1.82, 2.24) is 15.5 Å². The number of aromatic nitrogens is 2. The summed E-state index contributed by atoms with van der Waals surface area (Å²) >= 11 is 1.30. The number of allylic oxidation sites excluding steroid dienone is 2. The zero-order chi connectivity index (χ0) is 19.0. The number of hydrogen-bond donors (Lipinski definition) is 2. The third-order valence-corrected chi connectivity index (χ3v) is 4.22. The molecule has 9 heteroatoms. The first kappa shape index (κ1) is 20.6. The minimum absolute atomic E-state index is 0.0120. The van der Waals surface area contributed by atoms with Crippen molar-refractivity contribution in [2.75, 3.05) is 19.4 Å². The summed E-state index contributed by atoms with van der Waals surface area (Å²) in [4.78, 5) is 45.9. The van der Waals surface area contributed by atoms with E-state index in [2.05, 4.69) is 20.3 Å². The molecule has 1 aliphatic rings. The van der Waals surface area contributed by atoms with Crippen LogP contribution in [0.2, 0.25) is 0 Å². The second-order valence-electron chi connectivity index (χ2n) is 4.95. The normalized spacial score (nSPS) is 12.6. The first-order chi connectivity index (χ1) is 11.9. The smallest absolute Gasteiger partial charge is 0.356 e. The van der Waals surface area contributed by atoms with Gasteiger partial charge < -0.3 is 10.1 Å². The van der Waals surface area contributed by atoms with E-state index in [4.69, 9.17) is 0 Å². The van der Waals surface area contributed by atoms with Crippen LogP contribution >= 0.6 is 11.8 Å². The molecule has 0 radical (unpaired) electrons. The molecular formula is C16H21N3O5S. The van der Waals surface area contributed by atoms with Crippen molar-refractivity contribution in [2.45, 2.75) is 27.2 Å². The Hall–Kier alpha value is -2.42. The summed E-state index contributed by atoms with van der Waals surface area (Å²) in [7, 11) is 1.20. The molecule has 0 unspecified atom stereocenters. The maximum atomic E-state index is 12.3. The van der Waals surface area contributed by atoms with E-state index in [0.717, 1.165) is 18.7 Å². The summed E-state index contributed by atoms with van der Waals surface area (Å²) in [5.74, 6) is -0.679. The second kappa shape index (κ2) is 9.77. The molecule has 1 amide bonds. The molecule has 0 aromatic carbocycles. The molecule has 2 N–H and O–H groups in total. The number of fused-ring (bicyclic) bond motifs is 1. The van der Waals surface area contributed by atoms with Gasteiger partial charge in [0, 0.05) is 19.5 Å². The lowest BCUT2D eigenvalue weighted by atomic mass is 9.99. The van der Waals surface area contributed by atoms with Crippen LogP contribution in [0.15, 0.2) is 11.0 Å². The van der Waals surface area contributed by atoms with E-state index in [1.165, 1.54) is 31.9 Å². The molecule has 1 heterocycles. The number of ether oxygens (including phenoxy) is 1. The largest absolute Gasteiger partial charge is 0.464 e.